The molecule has 1 aromatic carbocycles. The molecule has 0 atom stereocenters. The molecule has 0 aliphatic rings. The predicted molar refractivity (Wildman–Crippen MR) is 97.3 cm³/mol. The molecule has 2 N–H and O–H groups in total. The lowest BCUT2D eigenvalue weighted by molar-refractivity contribution is 0.102. The Hall–Kier alpha value is -3.48. The normalized spacial score (nSPS) is 10.4. The molecule has 0 aliphatic carbocycles. The number of benzene rings is 1. The number of aryl methyl sites for hydroxylation is 3. The topological polar surface area (TPSA) is 97.1 Å². The number of nitrogens with zero attached hydrogens (tertiary/aromatic N) is 2. The predicted octanol–water partition coefficient (Wildman–Crippen LogP) is 3.50. The van der Waals surface area contributed by atoms with Gasteiger partial charge < -0.3 is 15.2 Å². The summed E-state index contributed by atoms with van der Waals surface area (Å²) in [5.41, 5.74) is 3.44. The van der Waals surface area contributed by atoms with E-state index in [1.165, 1.54) is 18.5 Å². The molecule has 26 heavy (non-hydrogen) atoms. The second-order valence-corrected chi connectivity index (χ2v) is 5.99. The van der Waals surface area contributed by atoms with Crippen LogP contribution in [0.3, 0.4) is 0 Å². The first-order valence-electron chi connectivity index (χ1n) is 8.01. The Balaban J connectivity index is 1.74. The summed E-state index contributed by atoms with van der Waals surface area (Å²) in [4.78, 5) is 28.7. The fraction of sp³-hybridized carbons (Fsp3) is 0.158. The van der Waals surface area contributed by atoms with Crippen LogP contribution in [-0.4, -0.2) is 22.0 Å². The van der Waals surface area contributed by atoms with Crippen molar-refractivity contribution in [2.24, 2.45) is 0 Å². The monoisotopic (exact) mass is 350 g/mol. The number of carbonyl (C=O) groups is 2. The molecule has 0 spiro atoms. The molecule has 0 aliphatic heterocycles. The van der Waals surface area contributed by atoms with Gasteiger partial charge in [0.05, 0.1) is 11.1 Å². The van der Waals surface area contributed by atoms with E-state index in [1.54, 1.807) is 13.0 Å². The van der Waals surface area contributed by atoms with Crippen molar-refractivity contribution >= 4 is 23.3 Å². The van der Waals surface area contributed by atoms with E-state index in [4.69, 9.17) is 4.52 Å². The van der Waals surface area contributed by atoms with Gasteiger partial charge in [0.25, 0.3) is 11.8 Å². The SMILES string of the molecule is Cc1cc(NC(=O)c2cncc(C(=O)Nc3ccc(C)c(C)c3)c2)no1. The van der Waals surface area contributed by atoms with Gasteiger partial charge in [-0.1, -0.05) is 11.2 Å². The fourth-order valence-electron chi connectivity index (χ4n) is 2.32. The molecule has 0 saturated heterocycles. The van der Waals surface area contributed by atoms with Gasteiger partial charge in [0.2, 0.25) is 0 Å². The van der Waals surface area contributed by atoms with Gasteiger partial charge in [0.15, 0.2) is 5.82 Å². The molecule has 0 bridgehead atoms. The van der Waals surface area contributed by atoms with Crippen LogP contribution >= 0.6 is 0 Å². The second kappa shape index (κ2) is 7.18. The maximum Gasteiger partial charge on any atom is 0.258 e. The average molecular weight is 350 g/mol. The summed E-state index contributed by atoms with van der Waals surface area (Å²) in [7, 11) is 0. The van der Waals surface area contributed by atoms with Crippen LogP contribution in [0.15, 0.2) is 47.2 Å². The molecule has 3 rings (SSSR count). The average Bonchev–Trinajstić information content (AvgIpc) is 3.03. The Morgan fingerprint density at radius 1 is 0.885 bits per heavy atom. The van der Waals surface area contributed by atoms with E-state index in [9.17, 15) is 9.59 Å². The van der Waals surface area contributed by atoms with Crippen LogP contribution in [0.2, 0.25) is 0 Å². The van der Waals surface area contributed by atoms with Crippen LogP contribution in [0.25, 0.3) is 0 Å². The van der Waals surface area contributed by atoms with E-state index >= 15 is 0 Å². The zero-order valence-corrected chi connectivity index (χ0v) is 14.7. The molecule has 132 valence electrons. The van der Waals surface area contributed by atoms with Crippen molar-refractivity contribution in [1.82, 2.24) is 10.1 Å². The smallest absolute Gasteiger partial charge is 0.258 e. The molecule has 0 saturated carbocycles. The molecule has 7 heteroatoms. The van der Waals surface area contributed by atoms with Gasteiger partial charge in [-0.2, -0.15) is 0 Å². The minimum Gasteiger partial charge on any atom is -0.360 e. The molecule has 0 fully saturated rings. The van der Waals surface area contributed by atoms with E-state index in [2.05, 4.69) is 20.8 Å². The Kier molecular flexibility index (Phi) is 4.79. The summed E-state index contributed by atoms with van der Waals surface area (Å²) in [5.74, 6) is 0.122. The molecule has 2 heterocycles. The lowest BCUT2D eigenvalue weighted by Crippen LogP contribution is -2.16. The van der Waals surface area contributed by atoms with Crippen molar-refractivity contribution in [1.29, 1.82) is 0 Å². The molecule has 0 radical (unpaired) electrons. The number of pyridine rings is 1. The fourth-order valence-corrected chi connectivity index (χ4v) is 2.32. The molecule has 7 nitrogen and oxygen atoms in total. The van der Waals surface area contributed by atoms with Crippen molar-refractivity contribution < 1.29 is 14.1 Å². The number of hydrogen-bond donors (Lipinski definition) is 2. The summed E-state index contributed by atoms with van der Waals surface area (Å²) in [6, 6.07) is 8.74. The van der Waals surface area contributed by atoms with Gasteiger partial charge in [-0.25, -0.2) is 0 Å². The summed E-state index contributed by atoms with van der Waals surface area (Å²) in [5, 5.41) is 9.10. The lowest BCUT2D eigenvalue weighted by Gasteiger charge is -2.08. The van der Waals surface area contributed by atoms with Crippen molar-refractivity contribution in [2.75, 3.05) is 10.6 Å². The summed E-state index contributed by atoms with van der Waals surface area (Å²) >= 11 is 0. The van der Waals surface area contributed by atoms with Crippen LogP contribution in [0.1, 0.15) is 37.6 Å². The van der Waals surface area contributed by atoms with Crippen molar-refractivity contribution in [2.45, 2.75) is 20.8 Å². The molecule has 2 amide bonds. The zero-order valence-electron chi connectivity index (χ0n) is 14.7. The number of amides is 2. The molecule has 3 aromatic rings. The number of rotatable bonds is 4. The van der Waals surface area contributed by atoms with Gasteiger partial charge in [-0.05, 0) is 50.1 Å². The molecule has 2 aromatic heterocycles. The summed E-state index contributed by atoms with van der Waals surface area (Å²) in [6.07, 6.45) is 2.79. The Morgan fingerprint density at radius 3 is 2.19 bits per heavy atom. The minimum absolute atomic E-state index is 0.249. The Morgan fingerprint density at radius 2 is 1.58 bits per heavy atom. The third-order valence-electron chi connectivity index (χ3n) is 3.90. The highest BCUT2D eigenvalue weighted by molar-refractivity contribution is 6.08. The van der Waals surface area contributed by atoms with Gasteiger partial charge in [0.1, 0.15) is 5.76 Å². The van der Waals surface area contributed by atoms with Gasteiger partial charge in [-0.3, -0.25) is 14.6 Å². The number of carbonyl (C=O) groups excluding carboxylic acids is 2. The number of nitrogens with one attached hydrogen (secondary N) is 2. The molecule has 0 unspecified atom stereocenters. The van der Waals surface area contributed by atoms with Gasteiger partial charge in [0, 0.05) is 24.1 Å². The highest BCUT2D eigenvalue weighted by atomic mass is 16.5. The quantitative estimate of drug-likeness (QED) is 0.750. The zero-order chi connectivity index (χ0) is 18.7. The highest BCUT2D eigenvalue weighted by Gasteiger charge is 2.13. The van der Waals surface area contributed by atoms with Gasteiger partial charge >= 0.3 is 0 Å². The van der Waals surface area contributed by atoms with Crippen LogP contribution < -0.4 is 10.6 Å². The van der Waals surface area contributed by atoms with E-state index in [1.807, 2.05) is 32.0 Å². The van der Waals surface area contributed by atoms with E-state index in [0.717, 1.165) is 11.1 Å². The first-order chi connectivity index (χ1) is 12.4. The van der Waals surface area contributed by atoms with Crippen LogP contribution in [-0.2, 0) is 0 Å². The van der Waals surface area contributed by atoms with Crippen LogP contribution in [0, 0.1) is 20.8 Å². The maximum absolute atomic E-state index is 12.4. The minimum atomic E-state index is -0.424. The van der Waals surface area contributed by atoms with Crippen LogP contribution in [0.4, 0.5) is 11.5 Å². The largest absolute Gasteiger partial charge is 0.360 e. The third kappa shape index (κ3) is 3.94. The van der Waals surface area contributed by atoms with E-state index in [0.29, 0.717) is 17.3 Å². The Labute approximate surface area is 150 Å². The first-order valence-corrected chi connectivity index (χ1v) is 8.01. The molecular weight excluding hydrogens is 332 g/mol. The Bertz CT molecular complexity index is 978. The second-order valence-electron chi connectivity index (χ2n) is 5.99. The van der Waals surface area contributed by atoms with E-state index < -0.39 is 5.91 Å². The lowest BCUT2D eigenvalue weighted by atomic mass is 10.1. The summed E-state index contributed by atoms with van der Waals surface area (Å²) in [6.45, 7) is 5.70. The maximum atomic E-state index is 12.4. The third-order valence-corrected chi connectivity index (χ3v) is 3.90. The standard InChI is InChI=1S/C19H18N4O3/c1-11-4-5-16(6-12(11)2)21-18(24)14-8-15(10-20-9-14)19(25)22-17-7-13(3)26-23-17/h4-10H,1-3H3,(H,21,24)(H,22,23,25). The van der Waals surface area contributed by atoms with Crippen molar-refractivity contribution in [3.63, 3.8) is 0 Å². The van der Waals surface area contributed by atoms with Gasteiger partial charge in [-0.15, -0.1) is 0 Å². The highest BCUT2D eigenvalue weighted by Crippen LogP contribution is 2.16. The molecular formula is C19H18N4O3. The number of anilines is 2. The summed E-state index contributed by atoms with van der Waals surface area (Å²) < 4.78 is 4.90. The van der Waals surface area contributed by atoms with Crippen LogP contribution in [0.5, 0.6) is 0 Å². The van der Waals surface area contributed by atoms with Crippen molar-refractivity contribution in [3.8, 4) is 0 Å². The van der Waals surface area contributed by atoms with Crippen molar-refractivity contribution in [3.05, 3.63) is 70.7 Å². The van der Waals surface area contributed by atoms with E-state index in [-0.39, 0.29) is 17.0 Å². The first kappa shape index (κ1) is 17.3. The number of aromatic nitrogens is 2. The number of hydrogen-bond acceptors (Lipinski definition) is 5.